The Hall–Kier alpha value is -1.56. The number of hydrogen-bond donors (Lipinski definition) is 1. The highest BCUT2D eigenvalue weighted by Gasteiger charge is 2.12. The molecule has 2 aromatic rings. The fourth-order valence-electron chi connectivity index (χ4n) is 1.40. The van der Waals surface area contributed by atoms with Crippen molar-refractivity contribution < 1.29 is 9.21 Å². The molecule has 0 saturated carbocycles. The number of nitrogens with zero attached hydrogens (tertiary/aromatic N) is 2. The number of furan rings is 1. The summed E-state index contributed by atoms with van der Waals surface area (Å²) in [6.45, 7) is 3.24. The number of carbonyl (C=O) groups excluding carboxylic acids is 1. The van der Waals surface area contributed by atoms with E-state index >= 15 is 0 Å². The Labute approximate surface area is 107 Å². The predicted octanol–water partition coefficient (Wildman–Crippen LogP) is 2.19. The Balaban J connectivity index is 1.94. The van der Waals surface area contributed by atoms with E-state index in [0.29, 0.717) is 16.8 Å². The van der Waals surface area contributed by atoms with E-state index in [1.807, 2.05) is 23.9 Å². The molecule has 0 bridgehead atoms. The van der Waals surface area contributed by atoms with E-state index in [1.54, 1.807) is 6.07 Å². The van der Waals surface area contributed by atoms with Crippen molar-refractivity contribution in [2.45, 2.75) is 20.0 Å². The Morgan fingerprint density at radius 1 is 1.59 bits per heavy atom. The second-order valence-corrected chi connectivity index (χ2v) is 4.17. The molecule has 5 nitrogen and oxygen atoms in total. The number of aromatic nitrogens is 2. The summed E-state index contributed by atoms with van der Waals surface area (Å²) in [6.07, 6.45) is 3.35. The first-order valence-corrected chi connectivity index (χ1v) is 6.03. The molecule has 0 saturated heterocycles. The summed E-state index contributed by atoms with van der Waals surface area (Å²) < 4.78 is 7.25. The van der Waals surface area contributed by atoms with Crippen molar-refractivity contribution in [3.05, 3.63) is 40.5 Å². The zero-order valence-corrected chi connectivity index (χ0v) is 10.9. The number of carbonyl (C=O) groups is 1. The third-order valence-electron chi connectivity index (χ3n) is 2.31. The first-order chi connectivity index (χ1) is 8.20. The van der Waals surface area contributed by atoms with Crippen LogP contribution >= 0.6 is 15.9 Å². The molecule has 17 heavy (non-hydrogen) atoms. The van der Waals surface area contributed by atoms with Crippen molar-refractivity contribution in [2.75, 3.05) is 0 Å². The number of halogens is 1. The third-order valence-corrected chi connectivity index (χ3v) is 2.93. The highest BCUT2D eigenvalue weighted by molar-refractivity contribution is 9.10. The van der Waals surface area contributed by atoms with Crippen LogP contribution in [0.15, 0.2) is 33.7 Å². The van der Waals surface area contributed by atoms with Crippen molar-refractivity contribution in [1.82, 2.24) is 15.1 Å². The minimum absolute atomic E-state index is 0.184. The van der Waals surface area contributed by atoms with E-state index in [4.69, 9.17) is 4.42 Å². The molecule has 0 spiro atoms. The SMILES string of the molecule is CCn1ccc(CNC(=O)c2ccoc2Br)n1. The molecule has 0 radical (unpaired) electrons. The van der Waals surface area contributed by atoms with Gasteiger partial charge in [0.15, 0.2) is 4.67 Å². The summed E-state index contributed by atoms with van der Waals surface area (Å²) in [4.78, 5) is 11.7. The molecule has 6 heteroatoms. The minimum Gasteiger partial charge on any atom is -0.457 e. The molecule has 0 aliphatic heterocycles. The molecule has 2 aromatic heterocycles. The molecule has 1 amide bonds. The predicted molar refractivity (Wildman–Crippen MR) is 65.5 cm³/mol. The molecular weight excluding hydrogens is 286 g/mol. The summed E-state index contributed by atoms with van der Waals surface area (Å²) in [5, 5.41) is 7.05. The lowest BCUT2D eigenvalue weighted by molar-refractivity contribution is 0.0948. The Bertz CT molecular complexity index is 518. The summed E-state index contributed by atoms with van der Waals surface area (Å²) in [5.74, 6) is -0.184. The lowest BCUT2D eigenvalue weighted by Crippen LogP contribution is -2.23. The van der Waals surface area contributed by atoms with Crippen molar-refractivity contribution in [3.8, 4) is 0 Å². The van der Waals surface area contributed by atoms with Crippen LogP contribution in [-0.4, -0.2) is 15.7 Å². The van der Waals surface area contributed by atoms with Crippen LogP contribution in [0.1, 0.15) is 23.0 Å². The molecular formula is C11H12BrN3O2. The number of aryl methyl sites for hydroxylation is 1. The van der Waals surface area contributed by atoms with E-state index in [1.165, 1.54) is 6.26 Å². The minimum atomic E-state index is -0.184. The van der Waals surface area contributed by atoms with Crippen molar-refractivity contribution in [2.24, 2.45) is 0 Å². The molecule has 0 unspecified atom stereocenters. The van der Waals surface area contributed by atoms with E-state index < -0.39 is 0 Å². The fraction of sp³-hybridized carbons (Fsp3) is 0.273. The van der Waals surface area contributed by atoms with Crippen LogP contribution in [0.2, 0.25) is 0 Å². The number of rotatable bonds is 4. The zero-order valence-electron chi connectivity index (χ0n) is 9.31. The van der Waals surface area contributed by atoms with Gasteiger partial charge in [-0.3, -0.25) is 9.48 Å². The van der Waals surface area contributed by atoms with Crippen LogP contribution in [-0.2, 0) is 13.1 Å². The topological polar surface area (TPSA) is 60.1 Å². The molecule has 1 N–H and O–H groups in total. The van der Waals surface area contributed by atoms with Crippen LogP contribution in [0.3, 0.4) is 0 Å². The Morgan fingerprint density at radius 3 is 3.00 bits per heavy atom. The molecule has 0 aliphatic carbocycles. The van der Waals surface area contributed by atoms with E-state index in [2.05, 4.69) is 26.3 Å². The van der Waals surface area contributed by atoms with Gasteiger partial charge in [-0.05, 0) is 35.0 Å². The highest BCUT2D eigenvalue weighted by Crippen LogP contribution is 2.17. The van der Waals surface area contributed by atoms with Gasteiger partial charge in [-0.2, -0.15) is 5.10 Å². The normalized spacial score (nSPS) is 10.5. The average Bonchev–Trinajstić information content (AvgIpc) is 2.94. The molecule has 0 fully saturated rings. The van der Waals surface area contributed by atoms with E-state index in [0.717, 1.165) is 12.2 Å². The van der Waals surface area contributed by atoms with Crippen LogP contribution < -0.4 is 5.32 Å². The van der Waals surface area contributed by atoms with Crippen molar-refractivity contribution in [1.29, 1.82) is 0 Å². The zero-order chi connectivity index (χ0) is 12.3. The molecule has 0 aromatic carbocycles. The summed E-state index contributed by atoms with van der Waals surface area (Å²) >= 11 is 3.16. The second kappa shape index (κ2) is 5.18. The van der Waals surface area contributed by atoms with Gasteiger partial charge in [0.2, 0.25) is 0 Å². The lowest BCUT2D eigenvalue weighted by atomic mass is 10.3. The Morgan fingerprint density at radius 2 is 2.41 bits per heavy atom. The molecule has 90 valence electrons. The van der Waals surface area contributed by atoms with Gasteiger partial charge in [-0.15, -0.1) is 0 Å². The van der Waals surface area contributed by atoms with Gasteiger partial charge < -0.3 is 9.73 Å². The van der Waals surface area contributed by atoms with Gasteiger partial charge >= 0.3 is 0 Å². The first kappa shape index (κ1) is 11.9. The quantitative estimate of drug-likeness (QED) is 0.941. The lowest BCUT2D eigenvalue weighted by Gasteiger charge is -2.01. The maximum absolute atomic E-state index is 11.7. The van der Waals surface area contributed by atoms with Gasteiger partial charge in [0.05, 0.1) is 24.1 Å². The van der Waals surface area contributed by atoms with E-state index in [-0.39, 0.29) is 5.91 Å². The van der Waals surface area contributed by atoms with Gasteiger partial charge in [-0.25, -0.2) is 0 Å². The molecule has 2 heterocycles. The maximum atomic E-state index is 11.7. The standard InChI is InChI=1S/C11H12BrN3O2/c1-2-15-5-3-8(14-15)7-13-11(16)9-4-6-17-10(9)12/h3-6H,2,7H2,1H3,(H,13,16). The molecule has 2 rings (SSSR count). The second-order valence-electron chi connectivity index (χ2n) is 3.45. The van der Waals surface area contributed by atoms with Crippen LogP contribution in [0.5, 0.6) is 0 Å². The summed E-state index contributed by atoms with van der Waals surface area (Å²) in [7, 11) is 0. The monoisotopic (exact) mass is 297 g/mol. The largest absolute Gasteiger partial charge is 0.457 e. The Kier molecular flexibility index (Phi) is 3.63. The molecule has 0 atom stereocenters. The number of amides is 1. The van der Waals surface area contributed by atoms with Gasteiger partial charge in [0, 0.05) is 12.7 Å². The average molecular weight is 298 g/mol. The summed E-state index contributed by atoms with van der Waals surface area (Å²) in [6, 6.07) is 3.50. The van der Waals surface area contributed by atoms with Gasteiger partial charge in [-0.1, -0.05) is 0 Å². The van der Waals surface area contributed by atoms with Crippen LogP contribution in [0, 0.1) is 0 Å². The van der Waals surface area contributed by atoms with Gasteiger partial charge in [0.25, 0.3) is 5.91 Å². The number of nitrogens with one attached hydrogen (secondary N) is 1. The fourth-order valence-corrected chi connectivity index (χ4v) is 1.82. The third kappa shape index (κ3) is 2.76. The highest BCUT2D eigenvalue weighted by atomic mass is 79.9. The molecule has 0 aliphatic rings. The van der Waals surface area contributed by atoms with Crippen LogP contribution in [0.25, 0.3) is 0 Å². The maximum Gasteiger partial charge on any atom is 0.256 e. The first-order valence-electron chi connectivity index (χ1n) is 5.24. The smallest absolute Gasteiger partial charge is 0.256 e. The number of hydrogen-bond acceptors (Lipinski definition) is 3. The van der Waals surface area contributed by atoms with Gasteiger partial charge in [0.1, 0.15) is 0 Å². The van der Waals surface area contributed by atoms with E-state index in [9.17, 15) is 4.79 Å². The van der Waals surface area contributed by atoms with Crippen molar-refractivity contribution >= 4 is 21.8 Å². The van der Waals surface area contributed by atoms with Crippen molar-refractivity contribution in [3.63, 3.8) is 0 Å². The summed E-state index contributed by atoms with van der Waals surface area (Å²) in [5.41, 5.74) is 1.32. The van der Waals surface area contributed by atoms with Crippen LogP contribution in [0.4, 0.5) is 0 Å².